The summed E-state index contributed by atoms with van der Waals surface area (Å²) in [5.41, 5.74) is -0.347. The van der Waals surface area contributed by atoms with Crippen molar-refractivity contribution >= 4 is 17.7 Å². The van der Waals surface area contributed by atoms with E-state index in [0.717, 1.165) is 0 Å². The maximum atomic E-state index is 13.3. The van der Waals surface area contributed by atoms with Gasteiger partial charge in [0, 0.05) is 37.0 Å². The number of carboxylic acids is 1. The van der Waals surface area contributed by atoms with E-state index in [1.807, 2.05) is 0 Å². The molecule has 0 saturated carbocycles. The Hall–Kier alpha value is -2.47. The Labute approximate surface area is 269 Å². The predicted molar refractivity (Wildman–Crippen MR) is 138 cm³/mol. The summed E-state index contributed by atoms with van der Waals surface area (Å²) in [6.45, 7) is 4.98. The third-order valence-electron chi connectivity index (χ3n) is 6.28. The molecule has 39 heavy (non-hydrogen) atoms. The SMILES string of the molecule is CC(C)CC1(O)CCN(C(=O)Nc2cc(Oc3ccc(F)cc3)cc(Oc3ccc(C(=O)[O-])cc3)c2)CC1.[K+]. The molecule has 3 aromatic carbocycles. The van der Waals surface area contributed by atoms with Crippen LogP contribution in [0.2, 0.25) is 0 Å². The second kappa shape index (κ2) is 13.7. The summed E-state index contributed by atoms with van der Waals surface area (Å²) in [4.78, 5) is 25.7. The van der Waals surface area contributed by atoms with Gasteiger partial charge in [-0.15, -0.1) is 0 Å². The first-order chi connectivity index (χ1) is 18.1. The van der Waals surface area contributed by atoms with Gasteiger partial charge in [-0.3, -0.25) is 0 Å². The molecule has 8 nitrogen and oxygen atoms in total. The average molecular weight is 561 g/mol. The molecule has 2 amide bonds. The normalized spacial score (nSPS) is 14.3. The van der Waals surface area contributed by atoms with E-state index in [1.165, 1.54) is 48.5 Å². The molecule has 2 N–H and O–H groups in total. The van der Waals surface area contributed by atoms with Gasteiger partial charge in [-0.2, -0.15) is 0 Å². The predicted octanol–water partition coefficient (Wildman–Crippen LogP) is 2.18. The van der Waals surface area contributed by atoms with Gasteiger partial charge in [0.2, 0.25) is 0 Å². The number of aliphatic hydroxyl groups is 1. The maximum absolute atomic E-state index is 13.3. The molecule has 0 bridgehead atoms. The summed E-state index contributed by atoms with van der Waals surface area (Å²) in [6.07, 6.45) is 1.70. The summed E-state index contributed by atoms with van der Waals surface area (Å²) in [5, 5.41) is 24.7. The van der Waals surface area contributed by atoms with Gasteiger partial charge in [-0.25, -0.2) is 9.18 Å². The second-order valence-electron chi connectivity index (χ2n) is 9.90. The largest absolute Gasteiger partial charge is 1.00 e. The number of rotatable bonds is 8. The number of benzene rings is 3. The minimum atomic E-state index is -1.29. The molecular weight excluding hydrogens is 530 g/mol. The number of hydrogen-bond donors (Lipinski definition) is 2. The van der Waals surface area contributed by atoms with Crippen molar-refractivity contribution in [2.75, 3.05) is 18.4 Å². The molecular formula is C29H30FKN2O6. The van der Waals surface area contributed by atoms with Crippen LogP contribution >= 0.6 is 0 Å². The van der Waals surface area contributed by atoms with Crippen LogP contribution in [0, 0.1) is 11.7 Å². The van der Waals surface area contributed by atoms with Crippen molar-refractivity contribution in [1.82, 2.24) is 4.90 Å². The molecule has 3 aromatic rings. The van der Waals surface area contributed by atoms with Gasteiger partial charge in [0.25, 0.3) is 0 Å². The van der Waals surface area contributed by atoms with Crippen LogP contribution in [0.3, 0.4) is 0 Å². The van der Waals surface area contributed by atoms with Crippen LogP contribution in [0.1, 0.15) is 43.5 Å². The van der Waals surface area contributed by atoms with Crippen LogP contribution in [-0.4, -0.2) is 40.7 Å². The molecule has 0 spiro atoms. The van der Waals surface area contributed by atoms with Crippen LogP contribution in [-0.2, 0) is 0 Å². The number of nitrogens with zero attached hydrogens (tertiary/aromatic N) is 1. The molecule has 10 heteroatoms. The molecule has 0 aliphatic carbocycles. The van der Waals surface area contributed by atoms with Gasteiger partial charge in [0.05, 0.1) is 11.6 Å². The Balaban J connectivity index is 0.00000420. The van der Waals surface area contributed by atoms with Gasteiger partial charge in [0.1, 0.15) is 28.8 Å². The van der Waals surface area contributed by atoms with E-state index in [-0.39, 0.29) is 63.0 Å². The molecule has 4 rings (SSSR count). The van der Waals surface area contributed by atoms with Crippen molar-refractivity contribution in [3.63, 3.8) is 0 Å². The monoisotopic (exact) mass is 560 g/mol. The van der Waals surface area contributed by atoms with Crippen molar-refractivity contribution in [3.05, 3.63) is 78.1 Å². The van der Waals surface area contributed by atoms with Crippen LogP contribution in [0.4, 0.5) is 14.9 Å². The number of ether oxygens (including phenoxy) is 2. The fourth-order valence-corrected chi connectivity index (χ4v) is 4.49. The van der Waals surface area contributed by atoms with Crippen molar-refractivity contribution in [2.45, 2.75) is 38.7 Å². The number of hydrogen-bond acceptors (Lipinski definition) is 6. The number of piperidine rings is 1. The zero-order valence-corrected chi connectivity index (χ0v) is 25.4. The van der Waals surface area contributed by atoms with E-state index in [1.54, 1.807) is 23.1 Å². The Morgan fingerprint density at radius 1 is 0.949 bits per heavy atom. The molecule has 0 atom stereocenters. The third-order valence-corrected chi connectivity index (χ3v) is 6.28. The van der Waals surface area contributed by atoms with Crippen LogP contribution in [0.25, 0.3) is 0 Å². The molecule has 0 radical (unpaired) electrons. The Morgan fingerprint density at radius 2 is 1.46 bits per heavy atom. The third kappa shape index (κ3) is 9.02. The van der Waals surface area contributed by atoms with Crippen molar-refractivity contribution < 1.29 is 85.1 Å². The maximum Gasteiger partial charge on any atom is 1.00 e. The molecule has 1 fully saturated rings. The molecule has 1 heterocycles. The molecule has 1 saturated heterocycles. The Kier molecular flexibility index (Phi) is 10.9. The number of carbonyl (C=O) groups is 2. The number of urea groups is 1. The minimum absolute atomic E-state index is 0. The fraction of sp³-hybridized carbons (Fsp3) is 0.310. The number of aromatic carboxylic acids is 1. The van der Waals surface area contributed by atoms with E-state index in [0.29, 0.717) is 67.0 Å². The second-order valence-corrected chi connectivity index (χ2v) is 9.90. The summed E-state index contributed by atoms with van der Waals surface area (Å²) in [5.74, 6) is 0.0820. The zero-order chi connectivity index (χ0) is 27.3. The van der Waals surface area contributed by atoms with Gasteiger partial charge in [-0.05, 0) is 79.3 Å². The molecule has 0 aromatic heterocycles. The number of likely N-dealkylation sites (tertiary alicyclic amines) is 1. The number of anilines is 1. The Bertz CT molecular complexity index is 1280. The summed E-state index contributed by atoms with van der Waals surface area (Å²) < 4.78 is 25.1. The molecule has 200 valence electrons. The van der Waals surface area contributed by atoms with Gasteiger partial charge in [0.15, 0.2) is 0 Å². The standard InChI is InChI=1S/C29H31FN2O6.K/c1-19(2)18-29(36)11-13-32(14-12-29)28(35)31-22-15-25(37-23-7-3-20(4-8-23)27(33)34)17-26(16-22)38-24-9-5-21(30)6-10-24;/h3-10,15-17,19,36H,11-14,18H2,1-2H3,(H,31,35)(H,33,34);/q;+1/p-1. The first-order valence-corrected chi connectivity index (χ1v) is 12.4. The van der Waals surface area contributed by atoms with Crippen molar-refractivity contribution in [2.24, 2.45) is 5.92 Å². The van der Waals surface area contributed by atoms with E-state index in [9.17, 15) is 24.2 Å². The van der Waals surface area contributed by atoms with Crippen LogP contribution in [0.15, 0.2) is 66.7 Å². The molecule has 1 aliphatic rings. The number of carboxylic acid groups (broad SMARTS) is 1. The molecule has 1 aliphatic heterocycles. The summed E-state index contributed by atoms with van der Waals surface area (Å²) in [7, 11) is 0. The van der Waals surface area contributed by atoms with Gasteiger partial charge >= 0.3 is 57.4 Å². The first-order valence-electron chi connectivity index (χ1n) is 12.4. The number of halogens is 1. The summed E-state index contributed by atoms with van der Waals surface area (Å²) >= 11 is 0. The zero-order valence-electron chi connectivity index (χ0n) is 22.3. The van der Waals surface area contributed by atoms with Crippen LogP contribution < -0.4 is 71.3 Å². The number of carbonyl (C=O) groups excluding carboxylic acids is 2. The topological polar surface area (TPSA) is 111 Å². The smallest absolute Gasteiger partial charge is 0.545 e. The summed E-state index contributed by atoms with van der Waals surface area (Å²) in [6, 6.07) is 15.7. The van der Waals surface area contributed by atoms with Crippen molar-refractivity contribution in [3.8, 4) is 23.0 Å². The molecule has 0 unspecified atom stereocenters. The van der Waals surface area contributed by atoms with E-state index >= 15 is 0 Å². The number of amides is 2. The fourth-order valence-electron chi connectivity index (χ4n) is 4.49. The van der Waals surface area contributed by atoms with Crippen LogP contribution in [0.5, 0.6) is 23.0 Å². The van der Waals surface area contributed by atoms with E-state index in [2.05, 4.69) is 19.2 Å². The van der Waals surface area contributed by atoms with Gasteiger partial charge < -0.3 is 34.7 Å². The quantitative estimate of drug-likeness (QED) is 0.409. The Morgan fingerprint density at radius 3 is 1.95 bits per heavy atom. The number of nitrogens with one attached hydrogen (secondary N) is 1. The van der Waals surface area contributed by atoms with E-state index in [4.69, 9.17) is 9.47 Å². The van der Waals surface area contributed by atoms with Gasteiger partial charge in [-0.1, -0.05) is 13.8 Å². The minimum Gasteiger partial charge on any atom is -0.545 e. The van der Waals surface area contributed by atoms with E-state index < -0.39 is 17.4 Å². The average Bonchev–Trinajstić information content (AvgIpc) is 2.85. The first kappa shape index (κ1) is 31.1. The van der Waals surface area contributed by atoms with Crippen molar-refractivity contribution in [1.29, 1.82) is 0 Å².